The molecule has 0 aromatic heterocycles. The molecule has 11 heteroatoms. The number of carbonyl (C=O) groups is 4. The fraction of sp³-hybridized carbons (Fsp3) is 0.500. The van der Waals surface area contributed by atoms with Crippen molar-refractivity contribution in [1.82, 2.24) is 0 Å². The van der Waals surface area contributed by atoms with Crippen LogP contribution in [0.2, 0.25) is 0 Å². The maximum Gasteiger partial charge on any atom is 2.00 e. The Morgan fingerprint density at radius 1 is 0.737 bits per heavy atom. The van der Waals surface area contributed by atoms with Crippen LogP contribution >= 0.6 is 0 Å². The zero-order valence-corrected chi connectivity index (χ0v) is 11.9. The van der Waals surface area contributed by atoms with Gasteiger partial charge in [0.2, 0.25) is 0 Å². The summed E-state index contributed by atoms with van der Waals surface area (Å²) < 4.78 is 0. The topological polar surface area (TPSA) is 173 Å². The first kappa shape index (κ1) is 23.2. The molecule has 0 rings (SSSR count). The molecule has 10 nitrogen and oxygen atoms in total. The van der Waals surface area contributed by atoms with Crippen molar-refractivity contribution < 1.29 is 49.7 Å². The number of carboxylic acids is 2. The summed E-state index contributed by atoms with van der Waals surface area (Å²) in [5.74, 6) is -4.64. The van der Waals surface area contributed by atoms with Gasteiger partial charge in [-0.25, -0.2) is 9.59 Å². The summed E-state index contributed by atoms with van der Waals surface area (Å²) in [5, 5.41) is 34.4. The van der Waals surface area contributed by atoms with Crippen molar-refractivity contribution in [2.45, 2.75) is 25.7 Å². The van der Waals surface area contributed by atoms with Crippen LogP contribution in [0, 0.1) is 0 Å². The molecular weight excluding hydrogens is 296 g/mol. The summed E-state index contributed by atoms with van der Waals surface area (Å²) in [6.45, 7) is 0. The minimum atomic E-state index is -1.35. The van der Waals surface area contributed by atoms with Gasteiger partial charge < -0.3 is 29.6 Å². The molecule has 0 heterocycles. The molecule has 0 atom stereocenters. The molecule has 0 aliphatic heterocycles. The van der Waals surface area contributed by atoms with Crippen LogP contribution in [-0.2, 0) is 29.0 Å². The molecule has 0 spiro atoms. The van der Waals surface area contributed by atoms with Crippen LogP contribution in [0.15, 0.2) is 0 Å². The molecule has 104 valence electrons. The van der Waals surface area contributed by atoms with Gasteiger partial charge >= 0.3 is 49.7 Å². The Morgan fingerprint density at radius 2 is 1.00 bits per heavy atom. The van der Waals surface area contributed by atoms with Gasteiger partial charge in [-0.1, -0.05) is 0 Å². The maximum absolute atomic E-state index is 9.95. The quantitative estimate of drug-likeness (QED) is 0.287. The Kier molecular flexibility index (Phi) is 18.4. The zero-order valence-electron chi connectivity index (χ0n) is 9.70. The molecule has 0 saturated carbocycles. The molecule has 0 aliphatic rings. The van der Waals surface area contributed by atoms with Crippen LogP contribution in [0.25, 0.3) is 0 Å². The predicted molar refractivity (Wildman–Crippen MR) is 51.7 cm³/mol. The fourth-order valence-corrected chi connectivity index (χ4v) is 0.500. The van der Waals surface area contributed by atoms with Crippen molar-refractivity contribution in [3.05, 3.63) is 0 Å². The first-order valence-electron chi connectivity index (χ1n) is 4.41. The van der Waals surface area contributed by atoms with E-state index < -0.39 is 36.7 Å². The van der Waals surface area contributed by atoms with Crippen LogP contribution in [0.4, 0.5) is 0 Å². The van der Waals surface area contributed by atoms with Gasteiger partial charge in [0.1, 0.15) is 0 Å². The van der Waals surface area contributed by atoms with E-state index in [1.807, 2.05) is 0 Å². The predicted octanol–water partition coefficient (Wildman–Crippen LogP) is -3.32. The van der Waals surface area contributed by atoms with Crippen molar-refractivity contribution in [2.75, 3.05) is 0 Å². The molecule has 0 radical (unpaired) electrons. The van der Waals surface area contributed by atoms with E-state index in [2.05, 4.69) is 9.78 Å². The van der Waals surface area contributed by atoms with E-state index in [-0.39, 0.29) is 50.6 Å². The Bertz CT molecular complexity index is 272. The smallest absolute Gasteiger partial charge is 0.550 e. The fourth-order valence-electron chi connectivity index (χ4n) is 0.500. The van der Waals surface area contributed by atoms with Gasteiger partial charge in [0.25, 0.3) is 0 Å². The molecule has 0 saturated heterocycles. The normalized spacial score (nSPS) is 8.11. The second-order valence-electron chi connectivity index (χ2n) is 2.67. The second kappa shape index (κ2) is 15.1. The van der Waals surface area contributed by atoms with E-state index in [4.69, 9.17) is 10.5 Å². The minimum Gasteiger partial charge on any atom is -0.550 e. The standard InChI is InChI=1S/2C4H6O5.Ca/c2*5-3(6)1-2-4(7)9-8;/h2*8H,1-2H2,(H,5,6);/q;;+2/p-2. The van der Waals surface area contributed by atoms with Crippen molar-refractivity contribution in [3.63, 3.8) is 0 Å². The summed E-state index contributed by atoms with van der Waals surface area (Å²) in [4.78, 5) is 45.5. The van der Waals surface area contributed by atoms with Gasteiger partial charge in [0, 0.05) is 11.9 Å². The van der Waals surface area contributed by atoms with Gasteiger partial charge in [-0.05, 0) is 12.8 Å². The third kappa shape index (κ3) is 22.7. The van der Waals surface area contributed by atoms with Gasteiger partial charge in [-0.2, -0.15) is 10.5 Å². The number of hydrogen-bond acceptors (Lipinski definition) is 10. The Hall–Kier alpha value is -0.940. The number of carboxylic acid groups (broad SMARTS) is 2. The molecule has 0 aromatic rings. The van der Waals surface area contributed by atoms with Crippen LogP contribution in [0.1, 0.15) is 25.7 Å². The van der Waals surface area contributed by atoms with Crippen molar-refractivity contribution >= 4 is 61.6 Å². The van der Waals surface area contributed by atoms with E-state index in [9.17, 15) is 29.4 Å². The van der Waals surface area contributed by atoms with Crippen LogP contribution < -0.4 is 10.2 Å². The first-order chi connectivity index (χ1) is 8.33. The zero-order chi connectivity index (χ0) is 14.6. The van der Waals surface area contributed by atoms with Crippen LogP contribution in [0.3, 0.4) is 0 Å². The number of carbonyl (C=O) groups excluding carboxylic acids is 4. The molecule has 19 heavy (non-hydrogen) atoms. The largest absolute Gasteiger partial charge is 2.00 e. The molecule has 0 fully saturated rings. The van der Waals surface area contributed by atoms with Crippen molar-refractivity contribution in [1.29, 1.82) is 0 Å². The van der Waals surface area contributed by atoms with E-state index in [1.165, 1.54) is 0 Å². The maximum atomic E-state index is 9.95. The van der Waals surface area contributed by atoms with E-state index in [1.54, 1.807) is 0 Å². The third-order valence-corrected chi connectivity index (χ3v) is 1.27. The summed E-state index contributed by atoms with van der Waals surface area (Å²) in [5.41, 5.74) is 0. The summed E-state index contributed by atoms with van der Waals surface area (Å²) in [6.07, 6.45) is -1.59. The van der Waals surface area contributed by atoms with Crippen molar-refractivity contribution in [2.24, 2.45) is 0 Å². The Labute approximate surface area is 136 Å². The summed E-state index contributed by atoms with van der Waals surface area (Å²) in [7, 11) is 0. The third-order valence-electron chi connectivity index (χ3n) is 1.27. The van der Waals surface area contributed by atoms with Crippen molar-refractivity contribution in [3.8, 4) is 0 Å². The molecule has 0 aliphatic carbocycles. The molecular formula is C8H10CaO10. The average Bonchev–Trinajstić information content (AvgIpc) is 2.33. The second-order valence-corrected chi connectivity index (χ2v) is 2.67. The SMILES string of the molecule is O=C([O-])CCC(=O)OO.O=C([O-])CCC(=O)OO.[Ca+2]. The molecule has 0 amide bonds. The molecule has 2 N–H and O–H groups in total. The Morgan fingerprint density at radius 3 is 1.16 bits per heavy atom. The van der Waals surface area contributed by atoms with Gasteiger partial charge in [0.15, 0.2) is 0 Å². The number of rotatable bonds is 6. The van der Waals surface area contributed by atoms with E-state index in [0.29, 0.717) is 0 Å². The van der Waals surface area contributed by atoms with Crippen LogP contribution in [-0.4, -0.2) is 72.1 Å². The first-order valence-corrected chi connectivity index (χ1v) is 4.41. The molecule has 0 unspecified atom stereocenters. The van der Waals surface area contributed by atoms with Gasteiger partial charge in [-0.15, -0.1) is 0 Å². The van der Waals surface area contributed by atoms with E-state index in [0.717, 1.165) is 0 Å². The van der Waals surface area contributed by atoms with Crippen LogP contribution in [0.5, 0.6) is 0 Å². The average molecular weight is 306 g/mol. The minimum absolute atomic E-state index is 0. The number of aliphatic carboxylic acids is 2. The van der Waals surface area contributed by atoms with E-state index >= 15 is 0 Å². The summed E-state index contributed by atoms with van der Waals surface area (Å²) in [6, 6.07) is 0. The van der Waals surface area contributed by atoms with Gasteiger partial charge in [0.05, 0.1) is 12.8 Å². The monoisotopic (exact) mass is 306 g/mol. The molecule has 0 aromatic carbocycles. The number of hydrogen-bond donors (Lipinski definition) is 2. The molecule has 0 bridgehead atoms. The Balaban J connectivity index is -0.000000256. The van der Waals surface area contributed by atoms with Gasteiger partial charge in [-0.3, -0.25) is 0 Å². The summed E-state index contributed by atoms with van der Waals surface area (Å²) >= 11 is 0.